The highest BCUT2D eigenvalue weighted by Crippen LogP contribution is 2.48. The number of carboxylic acid groups (broad SMARTS) is 1. The first-order valence-electron chi connectivity index (χ1n) is 9.69. The van der Waals surface area contributed by atoms with E-state index in [1.165, 1.54) is 21.3 Å². The standard InChI is InChI=1S/C23H22N2O6/c1-28-17-9-14(10-18(29-2)21(17)30-3)23(11-19(26)27)22-15(7-8-31-23)20-13(12-24)5-4-6-16(20)25-22/h4-6,9-10,25H,7-8,11H2,1-3H3,(H,26,27). The Morgan fingerprint density at radius 2 is 1.94 bits per heavy atom. The van der Waals surface area contributed by atoms with Crippen LogP contribution in [-0.4, -0.2) is 44.0 Å². The van der Waals surface area contributed by atoms with E-state index in [2.05, 4.69) is 11.1 Å². The Balaban J connectivity index is 2.05. The molecule has 8 heteroatoms. The largest absolute Gasteiger partial charge is 0.493 e. The SMILES string of the molecule is COc1cc(C2(CC(=O)O)OCCc3c2[nH]c2cccc(C#N)c32)cc(OC)c1OC. The minimum Gasteiger partial charge on any atom is -0.493 e. The van der Waals surface area contributed by atoms with E-state index in [9.17, 15) is 15.2 Å². The van der Waals surface area contributed by atoms with Gasteiger partial charge in [-0.2, -0.15) is 5.26 Å². The summed E-state index contributed by atoms with van der Waals surface area (Å²) < 4.78 is 22.6. The van der Waals surface area contributed by atoms with Gasteiger partial charge in [0, 0.05) is 10.9 Å². The van der Waals surface area contributed by atoms with Crippen LogP contribution in [0.3, 0.4) is 0 Å². The molecule has 1 aliphatic heterocycles. The summed E-state index contributed by atoms with van der Waals surface area (Å²) in [5.41, 5.74) is 2.03. The van der Waals surface area contributed by atoms with Crippen molar-refractivity contribution in [3.05, 3.63) is 52.7 Å². The van der Waals surface area contributed by atoms with Crippen LogP contribution in [0, 0.1) is 11.3 Å². The molecule has 1 aliphatic rings. The first-order valence-corrected chi connectivity index (χ1v) is 9.69. The summed E-state index contributed by atoms with van der Waals surface area (Å²) in [6.45, 7) is 0.295. The molecule has 4 rings (SSSR count). The van der Waals surface area contributed by atoms with E-state index in [1.807, 2.05) is 6.07 Å². The third-order valence-corrected chi connectivity index (χ3v) is 5.68. The van der Waals surface area contributed by atoms with Gasteiger partial charge in [0.2, 0.25) is 5.75 Å². The lowest BCUT2D eigenvalue weighted by atomic mass is 9.81. The summed E-state index contributed by atoms with van der Waals surface area (Å²) in [6, 6.07) is 11.1. The number of ether oxygens (including phenoxy) is 4. The predicted molar refractivity (Wildman–Crippen MR) is 112 cm³/mol. The van der Waals surface area contributed by atoms with E-state index in [0.29, 0.717) is 47.1 Å². The Hall–Kier alpha value is -3.70. The fourth-order valence-electron chi connectivity index (χ4n) is 4.40. The summed E-state index contributed by atoms with van der Waals surface area (Å²) in [5.74, 6) is 0.164. The van der Waals surface area contributed by atoms with Crippen LogP contribution in [-0.2, 0) is 21.6 Å². The molecule has 1 unspecified atom stereocenters. The van der Waals surface area contributed by atoms with Crippen LogP contribution in [0.25, 0.3) is 10.9 Å². The van der Waals surface area contributed by atoms with Gasteiger partial charge in [0.25, 0.3) is 0 Å². The van der Waals surface area contributed by atoms with Crippen LogP contribution in [0.5, 0.6) is 17.2 Å². The highest BCUT2D eigenvalue weighted by atomic mass is 16.5. The molecule has 0 bridgehead atoms. The van der Waals surface area contributed by atoms with E-state index in [4.69, 9.17) is 18.9 Å². The van der Waals surface area contributed by atoms with Crippen LogP contribution >= 0.6 is 0 Å². The van der Waals surface area contributed by atoms with E-state index in [1.54, 1.807) is 24.3 Å². The average molecular weight is 422 g/mol. The van der Waals surface area contributed by atoms with E-state index >= 15 is 0 Å². The third-order valence-electron chi connectivity index (χ3n) is 5.68. The third kappa shape index (κ3) is 3.14. The van der Waals surface area contributed by atoms with E-state index < -0.39 is 11.6 Å². The molecule has 0 amide bonds. The number of carboxylic acids is 1. The van der Waals surface area contributed by atoms with Crippen molar-refractivity contribution in [3.8, 4) is 23.3 Å². The van der Waals surface area contributed by atoms with Gasteiger partial charge in [-0.3, -0.25) is 4.79 Å². The molecule has 0 fully saturated rings. The second-order valence-corrected chi connectivity index (χ2v) is 7.23. The highest BCUT2D eigenvalue weighted by molar-refractivity contribution is 5.91. The molecule has 0 radical (unpaired) electrons. The number of benzene rings is 2. The minimum absolute atomic E-state index is 0.295. The molecule has 2 heterocycles. The van der Waals surface area contributed by atoms with Gasteiger partial charge in [-0.25, -0.2) is 0 Å². The Morgan fingerprint density at radius 1 is 1.23 bits per heavy atom. The second-order valence-electron chi connectivity index (χ2n) is 7.23. The molecule has 8 nitrogen and oxygen atoms in total. The lowest BCUT2D eigenvalue weighted by Crippen LogP contribution is -2.39. The van der Waals surface area contributed by atoms with Gasteiger partial charge in [0.1, 0.15) is 5.60 Å². The van der Waals surface area contributed by atoms with Gasteiger partial charge in [-0.15, -0.1) is 0 Å². The molecule has 0 aliphatic carbocycles. The van der Waals surface area contributed by atoms with Gasteiger partial charge in [0.05, 0.1) is 51.7 Å². The molecule has 2 N–H and O–H groups in total. The van der Waals surface area contributed by atoms with Crippen LogP contribution in [0.2, 0.25) is 0 Å². The molecule has 31 heavy (non-hydrogen) atoms. The van der Waals surface area contributed by atoms with Crippen molar-refractivity contribution in [2.45, 2.75) is 18.4 Å². The zero-order valence-corrected chi connectivity index (χ0v) is 17.4. The molecule has 1 atom stereocenters. The van der Waals surface area contributed by atoms with Gasteiger partial charge >= 0.3 is 5.97 Å². The number of aromatic nitrogens is 1. The maximum absolute atomic E-state index is 12.0. The van der Waals surface area contributed by atoms with Gasteiger partial charge < -0.3 is 29.0 Å². The molecular formula is C23H22N2O6. The zero-order chi connectivity index (χ0) is 22.2. The Bertz CT molecular complexity index is 1180. The monoisotopic (exact) mass is 422 g/mol. The van der Waals surface area contributed by atoms with Crippen molar-refractivity contribution in [1.29, 1.82) is 5.26 Å². The molecule has 0 saturated carbocycles. The van der Waals surface area contributed by atoms with E-state index in [0.717, 1.165) is 16.5 Å². The van der Waals surface area contributed by atoms with Crippen molar-refractivity contribution >= 4 is 16.9 Å². The first-order chi connectivity index (χ1) is 15.0. The number of hydrogen-bond acceptors (Lipinski definition) is 6. The van der Waals surface area contributed by atoms with E-state index in [-0.39, 0.29) is 6.42 Å². The topological polar surface area (TPSA) is 114 Å². The number of rotatable bonds is 6. The number of hydrogen-bond donors (Lipinski definition) is 2. The van der Waals surface area contributed by atoms with Gasteiger partial charge in [0.15, 0.2) is 11.5 Å². The Morgan fingerprint density at radius 3 is 2.52 bits per heavy atom. The summed E-state index contributed by atoms with van der Waals surface area (Å²) in [7, 11) is 4.50. The number of fused-ring (bicyclic) bond motifs is 3. The molecular weight excluding hydrogens is 400 g/mol. The Kier molecular flexibility index (Phi) is 5.21. The number of H-pyrrole nitrogens is 1. The van der Waals surface area contributed by atoms with Crippen LogP contribution in [0.1, 0.15) is 28.8 Å². The van der Waals surface area contributed by atoms with Crippen molar-refractivity contribution in [2.75, 3.05) is 27.9 Å². The molecule has 160 valence electrons. The summed E-state index contributed by atoms with van der Waals surface area (Å²) in [5, 5.41) is 20.2. The molecule has 0 spiro atoms. The number of aliphatic carboxylic acids is 1. The molecule has 3 aromatic rings. The summed E-state index contributed by atoms with van der Waals surface area (Å²) in [4.78, 5) is 15.3. The normalized spacial score (nSPS) is 17.6. The number of aromatic amines is 1. The van der Waals surface area contributed by atoms with Gasteiger partial charge in [-0.05, 0) is 41.8 Å². The fraction of sp³-hybridized carbons (Fsp3) is 0.304. The Labute approximate surface area is 178 Å². The van der Waals surface area contributed by atoms with Crippen molar-refractivity contribution in [3.63, 3.8) is 0 Å². The first kappa shape index (κ1) is 20.6. The quantitative estimate of drug-likeness (QED) is 0.626. The number of nitrogens with zero attached hydrogens (tertiary/aromatic N) is 1. The van der Waals surface area contributed by atoms with Crippen molar-refractivity contribution < 1.29 is 28.8 Å². The number of nitrogens with one attached hydrogen (secondary N) is 1. The fourth-order valence-corrected chi connectivity index (χ4v) is 4.40. The predicted octanol–water partition coefficient (Wildman–Crippen LogP) is 3.36. The van der Waals surface area contributed by atoms with Crippen molar-refractivity contribution in [2.24, 2.45) is 0 Å². The van der Waals surface area contributed by atoms with Crippen LogP contribution in [0.4, 0.5) is 0 Å². The maximum Gasteiger partial charge on any atom is 0.307 e. The summed E-state index contributed by atoms with van der Waals surface area (Å²) in [6.07, 6.45) is 0.229. The molecule has 0 saturated heterocycles. The molecule has 2 aromatic carbocycles. The molecule has 1 aromatic heterocycles. The minimum atomic E-state index is -1.32. The summed E-state index contributed by atoms with van der Waals surface area (Å²) >= 11 is 0. The number of nitriles is 1. The lowest BCUT2D eigenvalue weighted by molar-refractivity contribution is -0.144. The number of carbonyl (C=O) groups is 1. The van der Waals surface area contributed by atoms with Crippen LogP contribution in [0.15, 0.2) is 30.3 Å². The van der Waals surface area contributed by atoms with Crippen molar-refractivity contribution in [1.82, 2.24) is 4.98 Å². The number of methoxy groups -OCH3 is 3. The lowest BCUT2D eigenvalue weighted by Gasteiger charge is -2.37. The maximum atomic E-state index is 12.0. The zero-order valence-electron chi connectivity index (χ0n) is 17.4. The average Bonchev–Trinajstić information content (AvgIpc) is 3.17. The second kappa shape index (κ2) is 7.85. The smallest absolute Gasteiger partial charge is 0.307 e. The highest BCUT2D eigenvalue weighted by Gasteiger charge is 2.45. The van der Waals surface area contributed by atoms with Crippen LogP contribution < -0.4 is 14.2 Å². The van der Waals surface area contributed by atoms with Gasteiger partial charge in [-0.1, -0.05) is 6.07 Å².